The van der Waals surface area contributed by atoms with Crippen LogP contribution in [0.4, 0.5) is 18.0 Å². The maximum Gasteiger partial charge on any atom is 0.422 e. The van der Waals surface area contributed by atoms with Crippen LogP contribution in [0.1, 0.15) is 6.42 Å². The van der Waals surface area contributed by atoms with Crippen molar-refractivity contribution in [3.8, 4) is 0 Å². The summed E-state index contributed by atoms with van der Waals surface area (Å²) < 4.78 is 44.1. The summed E-state index contributed by atoms with van der Waals surface area (Å²) in [7, 11) is 2.69. The van der Waals surface area contributed by atoms with Gasteiger partial charge in [0, 0.05) is 27.3 Å². The SMILES string of the molecule is COCCCNC(=O)CN(C)C(=O)OCC(F)(F)F. The van der Waals surface area contributed by atoms with Crippen molar-refractivity contribution in [1.29, 1.82) is 0 Å². The van der Waals surface area contributed by atoms with Crippen molar-refractivity contribution in [2.24, 2.45) is 0 Å². The van der Waals surface area contributed by atoms with Gasteiger partial charge in [0.15, 0.2) is 6.61 Å². The molecule has 0 saturated heterocycles. The highest BCUT2D eigenvalue weighted by molar-refractivity contribution is 5.82. The molecule has 0 saturated carbocycles. The summed E-state index contributed by atoms with van der Waals surface area (Å²) in [6, 6.07) is 0. The van der Waals surface area contributed by atoms with Gasteiger partial charge in [-0.15, -0.1) is 0 Å². The van der Waals surface area contributed by atoms with Crippen LogP contribution in [0.3, 0.4) is 0 Å². The van der Waals surface area contributed by atoms with E-state index in [2.05, 4.69) is 10.1 Å². The summed E-state index contributed by atoms with van der Waals surface area (Å²) in [6.45, 7) is -1.21. The number of halogens is 3. The van der Waals surface area contributed by atoms with E-state index in [1.807, 2.05) is 0 Å². The van der Waals surface area contributed by atoms with Crippen LogP contribution < -0.4 is 5.32 Å². The molecule has 0 unspecified atom stereocenters. The summed E-state index contributed by atoms with van der Waals surface area (Å²) in [4.78, 5) is 23.2. The summed E-state index contributed by atoms with van der Waals surface area (Å²) in [5.41, 5.74) is 0. The zero-order chi connectivity index (χ0) is 14.9. The Morgan fingerprint density at radius 2 is 1.95 bits per heavy atom. The topological polar surface area (TPSA) is 67.9 Å². The van der Waals surface area contributed by atoms with Crippen LogP contribution in [-0.2, 0) is 14.3 Å². The molecule has 0 fully saturated rings. The van der Waals surface area contributed by atoms with Crippen molar-refractivity contribution in [1.82, 2.24) is 10.2 Å². The van der Waals surface area contributed by atoms with E-state index in [9.17, 15) is 22.8 Å². The first kappa shape index (κ1) is 17.5. The molecule has 0 atom stereocenters. The highest BCUT2D eigenvalue weighted by atomic mass is 19.4. The Kier molecular flexibility index (Phi) is 7.89. The fourth-order valence-electron chi connectivity index (χ4n) is 1.03. The second-order valence-electron chi connectivity index (χ2n) is 3.72. The van der Waals surface area contributed by atoms with Crippen LogP contribution in [0.25, 0.3) is 0 Å². The Morgan fingerprint density at radius 3 is 2.47 bits per heavy atom. The molecule has 0 spiro atoms. The van der Waals surface area contributed by atoms with E-state index in [0.717, 1.165) is 4.90 Å². The minimum atomic E-state index is -4.58. The number of rotatable bonds is 7. The second kappa shape index (κ2) is 8.57. The zero-order valence-electron chi connectivity index (χ0n) is 10.7. The van der Waals surface area contributed by atoms with Gasteiger partial charge in [0.25, 0.3) is 0 Å². The molecule has 0 aliphatic rings. The number of hydrogen-bond donors (Lipinski definition) is 1. The molecule has 2 amide bonds. The molecule has 9 heteroatoms. The summed E-state index contributed by atoms with van der Waals surface area (Å²) >= 11 is 0. The van der Waals surface area contributed by atoms with E-state index in [0.29, 0.717) is 19.6 Å². The number of likely N-dealkylation sites (N-methyl/N-ethyl adjacent to an activating group) is 1. The van der Waals surface area contributed by atoms with Gasteiger partial charge >= 0.3 is 12.3 Å². The third-order valence-corrected chi connectivity index (χ3v) is 1.90. The number of carbonyl (C=O) groups is 2. The third-order valence-electron chi connectivity index (χ3n) is 1.90. The predicted molar refractivity (Wildman–Crippen MR) is 59.5 cm³/mol. The van der Waals surface area contributed by atoms with E-state index in [4.69, 9.17) is 4.74 Å². The molecular formula is C10H17F3N2O4. The van der Waals surface area contributed by atoms with Gasteiger partial charge in [-0.2, -0.15) is 13.2 Å². The normalized spacial score (nSPS) is 11.0. The average Bonchev–Trinajstić information content (AvgIpc) is 2.30. The van der Waals surface area contributed by atoms with Crippen molar-refractivity contribution in [2.45, 2.75) is 12.6 Å². The molecule has 0 aliphatic carbocycles. The van der Waals surface area contributed by atoms with E-state index in [1.54, 1.807) is 0 Å². The number of amides is 2. The van der Waals surface area contributed by atoms with E-state index in [-0.39, 0.29) is 6.54 Å². The molecule has 0 radical (unpaired) electrons. The first-order chi connectivity index (χ1) is 8.76. The van der Waals surface area contributed by atoms with Crippen molar-refractivity contribution >= 4 is 12.0 Å². The first-order valence-electron chi connectivity index (χ1n) is 5.46. The lowest BCUT2D eigenvalue weighted by Crippen LogP contribution is -2.40. The lowest BCUT2D eigenvalue weighted by molar-refractivity contribution is -0.162. The number of ether oxygens (including phenoxy) is 2. The Bertz CT molecular complexity index is 297. The van der Waals surface area contributed by atoms with Gasteiger partial charge in [0.1, 0.15) is 6.54 Å². The van der Waals surface area contributed by atoms with Gasteiger partial charge < -0.3 is 19.7 Å². The highest BCUT2D eigenvalue weighted by Gasteiger charge is 2.30. The smallest absolute Gasteiger partial charge is 0.422 e. The van der Waals surface area contributed by atoms with Crippen molar-refractivity contribution < 1.29 is 32.2 Å². The third kappa shape index (κ3) is 10.1. The largest absolute Gasteiger partial charge is 0.440 e. The van der Waals surface area contributed by atoms with Crippen LogP contribution in [-0.4, -0.2) is 63.5 Å². The van der Waals surface area contributed by atoms with Crippen LogP contribution in [0.15, 0.2) is 0 Å². The first-order valence-corrected chi connectivity index (χ1v) is 5.46. The van der Waals surface area contributed by atoms with Crippen LogP contribution in [0, 0.1) is 0 Å². The van der Waals surface area contributed by atoms with Gasteiger partial charge in [-0.3, -0.25) is 4.79 Å². The minimum Gasteiger partial charge on any atom is -0.440 e. The fraction of sp³-hybridized carbons (Fsp3) is 0.800. The minimum absolute atomic E-state index is 0.359. The summed E-state index contributed by atoms with van der Waals surface area (Å²) in [5.74, 6) is -0.484. The van der Waals surface area contributed by atoms with Gasteiger partial charge in [-0.25, -0.2) is 4.79 Å². The number of nitrogens with one attached hydrogen (secondary N) is 1. The van der Waals surface area contributed by atoms with Gasteiger partial charge in [0.05, 0.1) is 0 Å². The maximum atomic E-state index is 11.8. The van der Waals surface area contributed by atoms with Gasteiger partial charge in [0.2, 0.25) is 5.91 Å². The number of nitrogens with zero attached hydrogens (tertiary/aromatic N) is 1. The van der Waals surface area contributed by atoms with Crippen molar-refractivity contribution in [3.63, 3.8) is 0 Å². The molecule has 0 bridgehead atoms. The average molecular weight is 286 g/mol. The van der Waals surface area contributed by atoms with Crippen LogP contribution in [0.5, 0.6) is 0 Å². The monoisotopic (exact) mass is 286 g/mol. The van der Waals surface area contributed by atoms with Crippen molar-refractivity contribution in [2.75, 3.05) is 40.5 Å². The maximum absolute atomic E-state index is 11.8. The molecule has 6 nitrogen and oxygen atoms in total. The quantitative estimate of drug-likeness (QED) is 0.702. The molecule has 0 rings (SSSR count). The molecule has 1 N–H and O–H groups in total. The standard InChI is InChI=1S/C10H17F3N2O4/c1-15(9(17)19-7-10(11,12)13)6-8(16)14-4-3-5-18-2/h3-7H2,1-2H3,(H,14,16). The molecule has 112 valence electrons. The highest BCUT2D eigenvalue weighted by Crippen LogP contribution is 2.14. The summed E-state index contributed by atoms with van der Waals surface area (Å²) in [6.07, 6.45) is -5.19. The molecule has 0 aliphatic heterocycles. The lowest BCUT2D eigenvalue weighted by Gasteiger charge is -2.17. The number of methoxy groups -OCH3 is 1. The van der Waals surface area contributed by atoms with E-state index < -0.39 is 24.8 Å². The number of carbonyl (C=O) groups excluding carboxylic acids is 2. The predicted octanol–water partition coefficient (Wildman–Crippen LogP) is 0.770. The number of hydrogen-bond acceptors (Lipinski definition) is 4. The Labute approximate surface area is 108 Å². The van der Waals surface area contributed by atoms with Gasteiger partial charge in [-0.1, -0.05) is 0 Å². The molecule has 0 aromatic carbocycles. The van der Waals surface area contributed by atoms with E-state index in [1.165, 1.54) is 14.2 Å². The molecule has 0 aromatic rings. The zero-order valence-corrected chi connectivity index (χ0v) is 10.7. The Morgan fingerprint density at radius 1 is 1.32 bits per heavy atom. The lowest BCUT2D eigenvalue weighted by atomic mass is 10.4. The Hall–Kier alpha value is -1.51. The van der Waals surface area contributed by atoms with Gasteiger partial charge in [-0.05, 0) is 6.42 Å². The second-order valence-corrected chi connectivity index (χ2v) is 3.72. The van der Waals surface area contributed by atoms with E-state index >= 15 is 0 Å². The molecular weight excluding hydrogens is 269 g/mol. The van der Waals surface area contributed by atoms with Crippen LogP contribution in [0.2, 0.25) is 0 Å². The van der Waals surface area contributed by atoms with Crippen LogP contribution >= 0.6 is 0 Å². The molecule has 0 heterocycles. The Balaban J connectivity index is 3.85. The molecule has 0 aromatic heterocycles. The summed E-state index contributed by atoms with van der Waals surface area (Å²) in [5, 5.41) is 2.48. The number of alkyl halides is 3. The fourth-order valence-corrected chi connectivity index (χ4v) is 1.03. The van der Waals surface area contributed by atoms with Crippen molar-refractivity contribution in [3.05, 3.63) is 0 Å². The molecule has 19 heavy (non-hydrogen) atoms.